The summed E-state index contributed by atoms with van der Waals surface area (Å²) in [4.78, 5) is 2.28. The molecule has 2 fully saturated rings. The first-order valence-electron chi connectivity index (χ1n) is 5.97. The van der Waals surface area contributed by atoms with Crippen LogP contribution in [0.1, 0.15) is 40.0 Å². The number of hydrogen-bond acceptors (Lipinski definition) is 2. The minimum Gasteiger partial charge on any atom is -0.374 e. The zero-order chi connectivity index (χ0) is 11.1. The average Bonchev–Trinajstić information content (AvgIpc) is 2.62. The van der Waals surface area contributed by atoms with Gasteiger partial charge in [0.25, 0.3) is 0 Å². The second-order valence-electron chi connectivity index (χ2n) is 5.70. The van der Waals surface area contributed by atoms with Gasteiger partial charge in [-0.1, -0.05) is 20.8 Å². The van der Waals surface area contributed by atoms with Crippen molar-refractivity contribution in [2.75, 3.05) is 13.2 Å². The third kappa shape index (κ3) is 2.03. The Hall–Kier alpha value is -0.570. The lowest BCUT2D eigenvalue weighted by molar-refractivity contribution is -0.0322. The van der Waals surface area contributed by atoms with Crippen LogP contribution in [0, 0.1) is 10.8 Å². The third-order valence-electron chi connectivity index (χ3n) is 3.48. The highest BCUT2D eigenvalue weighted by molar-refractivity contribution is 5.84. The molecule has 15 heavy (non-hydrogen) atoms. The molecule has 2 atom stereocenters. The zero-order valence-corrected chi connectivity index (χ0v) is 10.0. The molecule has 2 aliphatic rings. The molecule has 0 aromatic heterocycles. The number of hydrogen-bond donors (Lipinski definition) is 1. The standard InChI is InChI=1S/C12H22N2O/c1-12(2,3)11(13)14-7-8-15-10-6-4-5-9(10)14/h9-10,13H,4-8H2,1-3H3. The highest BCUT2D eigenvalue weighted by Gasteiger charge is 2.39. The first-order valence-corrected chi connectivity index (χ1v) is 5.97. The maximum atomic E-state index is 8.26. The summed E-state index contributed by atoms with van der Waals surface area (Å²) in [6.45, 7) is 8.05. The molecule has 1 aliphatic heterocycles. The van der Waals surface area contributed by atoms with Gasteiger partial charge in [-0.2, -0.15) is 0 Å². The molecule has 0 spiro atoms. The molecule has 0 bridgehead atoms. The van der Waals surface area contributed by atoms with Crippen molar-refractivity contribution in [2.45, 2.75) is 52.2 Å². The summed E-state index contributed by atoms with van der Waals surface area (Å²) < 4.78 is 5.76. The minimum absolute atomic E-state index is 0.0372. The predicted molar refractivity (Wildman–Crippen MR) is 61.3 cm³/mol. The third-order valence-corrected chi connectivity index (χ3v) is 3.48. The number of rotatable bonds is 0. The molecule has 0 aromatic rings. The predicted octanol–water partition coefficient (Wildman–Crippen LogP) is 2.26. The number of nitrogens with one attached hydrogen (secondary N) is 1. The van der Waals surface area contributed by atoms with E-state index in [2.05, 4.69) is 25.7 Å². The summed E-state index contributed by atoms with van der Waals surface area (Å²) in [7, 11) is 0. The van der Waals surface area contributed by atoms with E-state index in [9.17, 15) is 0 Å². The largest absolute Gasteiger partial charge is 0.374 e. The lowest BCUT2D eigenvalue weighted by Gasteiger charge is -2.42. The Morgan fingerprint density at radius 1 is 1.33 bits per heavy atom. The SMILES string of the molecule is CC(C)(C)C(=N)N1CCOC2CCCC21. The van der Waals surface area contributed by atoms with Gasteiger partial charge >= 0.3 is 0 Å². The molecule has 0 radical (unpaired) electrons. The van der Waals surface area contributed by atoms with E-state index in [4.69, 9.17) is 10.1 Å². The minimum atomic E-state index is -0.0372. The Morgan fingerprint density at radius 3 is 2.73 bits per heavy atom. The molecular weight excluding hydrogens is 188 g/mol. The summed E-state index contributed by atoms with van der Waals surface area (Å²) in [5.74, 6) is 0.780. The molecule has 1 heterocycles. The van der Waals surface area contributed by atoms with E-state index in [0.717, 1.165) is 19.0 Å². The fourth-order valence-corrected chi connectivity index (χ4v) is 2.63. The molecule has 1 saturated carbocycles. The zero-order valence-electron chi connectivity index (χ0n) is 10.0. The van der Waals surface area contributed by atoms with Gasteiger partial charge < -0.3 is 9.64 Å². The van der Waals surface area contributed by atoms with Crippen molar-refractivity contribution in [3.8, 4) is 0 Å². The van der Waals surface area contributed by atoms with Crippen LogP contribution >= 0.6 is 0 Å². The van der Waals surface area contributed by atoms with E-state index in [1.165, 1.54) is 19.3 Å². The van der Waals surface area contributed by atoms with Crippen molar-refractivity contribution in [2.24, 2.45) is 5.41 Å². The van der Waals surface area contributed by atoms with Gasteiger partial charge in [0.15, 0.2) is 0 Å². The van der Waals surface area contributed by atoms with E-state index in [-0.39, 0.29) is 5.41 Å². The quantitative estimate of drug-likeness (QED) is 0.492. The second-order valence-corrected chi connectivity index (χ2v) is 5.70. The first-order chi connectivity index (χ1) is 7.00. The van der Waals surface area contributed by atoms with Gasteiger partial charge in [0, 0.05) is 12.0 Å². The van der Waals surface area contributed by atoms with Gasteiger partial charge in [-0.25, -0.2) is 0 Å². The summed E-state index contributed by atoms with van der Waals surface area (Å²) in [6.07, 6.45) is 4.02. The molecule has 3 heteroatoms. The maximum absolute atomic E-state index is 8.26. The summed E-state index contributed by atoms with van der Waals surface area (Å²) in [6, 6.07) is 0.477. The number of amidine groups is 1. The summed E-state index contributed by atoms with van der Waals surface area (Å²) >= 11 is 0. The van der Waals surface area contributed by atoms with E-state index in [1.807, 2.05) is 0 Å². The first kappa shape index (κ1) is 10.9. The Balaban J connectivity index is 2.11. The summed E-state index contributed by atoms with van der Waals surface area (Å²) in [5.41, 5.74) is -0.0372. The Labute approximate surface area is 92.3 Å². The molecular formula is C12H22N2O. The van der Waals surface area contributed by atoms with Gasteiger partial charge in [-0.15, -0.1) is 0 Å². The van der Waals surface area contributed by atoms with Gasteiger partial charge in [0.05, 0.1) is 18.8 Å². The van der Waals surface area contributed by atoms with Crippen molar-refractivity contribution in [3.05, 3.63) is 0 Å². The molecule has 86 valence electrons. The van der Waals surface area contributed by atoms with Crippen LogP contribution in [0.5, 0.6) is 0 Å². The van der Waals surface area contributed by atoms with Gasteiger partial charge in [0.1, 0.15) is 5.84 Å². The van der Waals surface area contributed by atoms with E-state index >= 15 is 0 Å². The Bertz CT molecular complexity index is 257. The van der Waals surface area contributed by atoms with Crippen molar-refractivity contribution >= 4 is 5.84 Å². The maximum Gasteiger partial charge on any atom is 0.102 e. The summed E-state index contributed by atoms with van der Waals surface area (Å²) in [5, 5.41) is 8.26. The number of ether oxygens (including phenoxy) is 1. The van der Waals surface area contributed by atoms with Crippen molar-refractivity contribution in [3.63, 3.8) is 0 Å². The van der Waals surface area contributed by atoms with Crippen LogP contribution in [0.4, 0.5) is 0 Å². The number of fused-ring (bicyclic) bond motifs is 1. The lowest BCUT2D eigenvalue weighted by atomic mass is 9.92. The number of morpholine rings is 1. The van der Waals surface area contributed by atoms with E-state index < -0.39 is 0 Å². The fraction of sp³-hybridized carbons (Fsp3) is 0.917. The fourth-order valence-electron chi connectivity index (χ4n) is 2.63. The molecule has 0 aromatic carbocycles. The smallest absolute Gasteiger partial charge is 0.102 e. The van der Waals surface area contributed by atoms with Crippen LogP contribution in [-0.4, -0.2) is 36.0 Å². The van der Waals surface area contributed by atoms with Crippen LogP contribution in [0.15, 0.2) is 0 Å². The highest BCUT2D eigenvalue weighted by atomic mass is 16.5. The molecule has 1 saturated heterocycles. The Kier molecular flexibility index (Phi) is 2.75. The Morgan fingerprint density at radius 2 is 2.07 bits per heavy atom. The molecule has 2 rings (SSSR count). The van der Waals surface area contributed by atoms with Gasteiger partial charge in [-0.3, -0.25) is 5.41 Å². The topological polar surface area (TPSA) is 36.3 Å². The van der Waals surface area contributed by atoms with Gasteiger partial charge in [0.2, 0.25) is 0 Å². The normalized spacial score (nSPS) is 31.5. The van der Waals surface area contributed by atoms with Crippen LogP contribution in [-0.2, 0) is 4.74 Å². The van der Waals surface area contributed by atoms with Crippen LogP contribution in [0.25, 0.3) is 0 Å². The molecule has 1 N–H and O–H groups in total. The lowest BCUT2D eigenvalue weighted by Crippen LogP contribution is -2.54. The van der Waals surface area contributed by atoms with E-state index in [0.29, 0.717) is 12.1 Å². The van der Waals surface area contributed by atoms with Crippen molar-refractivity contribution < 1.29 is 4.74 Å². The average molecular weight is 210 g/mol. The van der Waals surface area contributed by atoms with Crippen LogP contribution in [0.3, 0.4) is 0 Å². The highest BCUT2D eigenvalue weighted by Crippen LogP contribution is 2.32. The monoisotopic (exact) mass is 210 g/mol. The molecule has 1 aliphatic carbocycles. The molecule has 3 nitrogen and oxygen atoms in total. The molecule has 2 unspecified atom stereocenters. The number of nitrogens with zero attached hydrogens (tertiary/aromatic N) is 1. The van der Waals surface area contributed by atoms with E-state index in [1.54, 1.807) is 0 Å². The van der Waals surface area contributed by atoms with Crippen molar-refractivity contribution in [1.82, 2.24) is 4.90 Å². The second kappa shape index (κ2) is 3.78. The van der Waals surface area contributed by atoms with Crippen molar-refractivity contribution in [1.29, 1.82) is 5.41 Å². The van der Waals surface area contributed by atoms with Gasteiger partial charge in [-0.05, 0) is 19.3 Å². The molecule has 0 amide bonds. The van der Waals surface area contributed by atoms with Crippen LogP contribution in [0.2, 0.25) is 0 Å². The van der Waals surface area contributed by atoms with Crippen LogP contribution < -0.4 is 0 Å².